The van der Waals surface area contributed by atoms with Gasteiger partial charge in [0.05, 0.1) is 11.0 Å². The summed E-state index contributed by atoms with van der Waals surface area (Å²) in [5, 5.41) is 8.52. The van der Waals surface area contributed by atoms with Gasteiger partial charge in [0.2, 0.25) is 0 Å². The van der Waals surface area contributed by atoms with Crippen LogP contribution in [0.1, 0.15) is 34.2 Å². The van der Waals surface area contributed by atoms with Crippen molar-refractivity contribution in [3.63, 3.8) is 0 Å². The molecule has 0 unspecified atom stereocenters. The number of carbonyl (C=O) groups is 2. The molecule has 7 heteroatoms. The lowest BCUT2D eigenvalue weighted by Crippen LogP contribution is -2.14. The number of nitrogens with one attached hydrogen (secondary N) is 2. The fourth-order valence-corrected chi connectivity index (χ4v) is 3.37. The Kier molecular flexibility index (Phi) is 7.20. The summed E-state index contributed by atoms with van der Waals surface area (Å²) in [5.41, 5.74) is 8.16. The lowest BCUT2D eigenvalue weighted by atomic mass is 10.0. The minimum Gasteiger partial charge on any atom is -0.342 e. The van der Waals surface area contributed by atoms with Crippen LogP contribution in [0.2, 0.25) is 0 Å². The molecule has 3 aromatic carbocycles. The van der Waals surface area contributed by atoms with Gasteiger partial charge in [-0.2, -0.15) is 0 Å². The van der Waals surface area contributed by atoms with Gasteiger partial charge in [0.15, 0.2) is 5.78 Å². The quantitative estimate of drug-likeness (QED) is 0.168. The largest absolute Gasteiger partial charge is 0.342 e. The van der Waals surface area contributed by atoms with E-state index in [0.717, 1.165) is 39.1 Å². The van der Waals surface area contributed by atoms with E-state index in [-0.39, 0.29) is 18.2 Å². The first-order chi connectivity index (χ1) is 15.0. The van der Waals surface area contributed by atoms with Crippen molar-refractivity contribution in [2.24, 2.45) is 0 Å². The molecule has 4 rings (SSSR count). The van der Waals surface area contributed by atoms with Gasteiger partial charge in [0.1, 0.15) is 5.82 Å². The molecule has 0 aliphatic carbocycles. The average molecular weight is 448 g/mol. The van der Waals surface area contributed by atoms with E-state index in [1.807, 2.05) is 60.7 Å². The number of rotatable bonds is 6. The van der Waals surface area contributed by atoms with Gasteiger partial charge in [0, 0.05) is 18.1 Å². The summed E-state index contributed by atoms with van der Waals surface area (Å²) < 4.78 is 0. The molecule has 0 aliphatic rings. The third-order valence-corrected chi connectivity index (χ3v) is 5.04. The molecule has 1 heterocycles. The third-order valence-electron chi connectivity index (χ3n) is 5.04. The zero-order valence-electron chi connectivity index (χ0n) is 17.3. The molecule has 1 aromatic heterocycles. The van der Waals surface area contributed by atoms with Crippen LogP contribution in [0.25, 0.3) is 28.2 Å². The molecule has 0 saturated carbocycles. The highest BCUT2D eigenvalue weighted by atomic mass is 35.5. The fourth-order valence-electron chi connectivity index (χ4n) is 3.37. The van der Waals surface area contributed by atoms with Gasteiger partial charge in [-0.05, 0) is 47.4 Å². The Hall–Kier alpha value is -3.74. The van der Waals surface area contributed by atoms with Gasteiger partial charge < -0.3 is 4.98 Å². The van der Waals surface area contributed by atoms with Crippen molar-refractivity contribution in [2.45, 2.75) is 13.3 Å². The van der Waals surface area contributed by atoms with Crippen LogP contribution in [-0.2, 0) is 11.2 Å². The van der Waals surface area contributed by atoms with Crippen molar-refractivity contribution in [3.05, 3.63) is 95.3 Å². The van der Waals surface area contributed by atoms with E-state index < -0.39 is 5.91 Å². The highest BCUT2D eigenvalue weighted by molar-refractivity contribution is 5.94. The number of benzene rings is 3. The van der Waals surface area contributed by atoms with Gasteiger partial charge in [-0.15, -0.1) is 12.4 Å². The van der Waals surface area contributed by atoms with Crippen molar-refractivity contribution in [3.8, 4) is 11.1 Å². The summed E-state index contributed by atoms with van der Waals surface area (Å²) in [6, 6.07) is 21.4. The predicted molar refractivity (Wildman–Crippen MR) is 127 cm³/mol. The van der Waals surface area contributed by atoms with Crippen molar-refractivity contribution < 1.29 is 14.8 Å². The maximum absolute atomic E-state index is 11.5. The number of carbonyl (C=O) groups excluding carboxylic acids is 2. The van der Waals surface area contributed by atoms with Gasteiger partial charge in [-0.3, -0.25) is 14.8 Å². The second-order valence-electron chi connectivity index (χ2n) is 7.28. The van der Waals surface area contributed by atoms with Crippen LogP contribution in [0.4, 0.5) is 0 Å². The molecule has 3 N–H and O–H groups in total. The monoisotopic (exact) mass is 447 g/mol. The van der Waals surface area contributed by atoms with Crippen LogP contribution in [0.3, 0.4) is 0 Å². The topological polar surface area (TPSA) is 95.1 Å². The summed E-state index contributed by atoms with van der Waals surface area (Å²) in [6.07, 6.45) is 3.54. The SMILES string of the molecule is CC(=O)c1ccc(-c2ccc3nc(Cc4ccc(/C=C/C(=O)NO)cc4)[nH]c3c2)cc1.Cl. The van der Waals surface area contributed by atoms with Crippen molar-refractivity contribution in [2.75, 3.05) is 0 Å². The predicted octanol–water partition coefficient (Wildman–Crippen LogP) is 4.96. The number of hydrogen-bond acceptors (Lipinski definition) is 4. The molecule has 4 aromatic rings. The van der Waals surface area contributed by atoms with Crippen molar-refractivity contribution in [1.29, 1.82) is 0 Å². The van der Waals surface area contributed by atoms with Gasteiger partial charge in [0.25, 0.3) is 5.91 Å². The zero-order chi connectivity index (χ0) is 21.8. The summed E-state index contributed by atoms with van der Waals surface area (Å²) in [5.74, 6) is 0.350. The average Bonchev–Trinajstić information content (AvgIpc) is 3.19. The van der Waals surface area contributed by atoms with E-state index in [4.69, 9.17) is 5.21 Å². The number of Topliss-reactive ketones (excluding diaryl/α,β-unsaturated/α-hetero) is 1. The number of aromatic amines is 1. The Morgan fingerprint density at radius 2 is 1.69 bits per heavy atom. The summed E-state index contributed by atoms with van der Waals surface area (Å²) in [7, 11) is 0. The summed E-state index contributed by atoms with van der Waals surface area (Å²) in [6.45, 7) is 1.56. The molecular weight excluding hydrogens is 426 g/mol. The molecule has 32 heavy (non-hydrogen) atoms. The van der Waals surface area contributed by atoms with E-state index in [1.54, 1.807) is 18.5 Å². The maximum Gasteiger partial charge on any atom is 0.267 e. The van der Waals surface area contributed by atoms with E-state index in [0.29, 0.717) is 12.0 Å². The smallest absolute Gasteiger partial charge is 0.267 e. The third kappa shape index (κ3) is 5.29. The summed E-state index contributed by atoms with van der Waals surface area (Å²) >= 11 is 0. The van der Waals surface area contributed by atoms with Crippen LogP contribution >= 0.6 is 12.4 Å². The molecule has 162 valence electrons. The number of H-pyrrole nitrogens is 1. The molecule has 6 nitrogen and oxygen atoms in total. The summed E-state index contributed by atoms with van der Waals surface area (Å²) in [4.78, 5) is 30.6. The normalized spacial score (nSPS) is 10.8. The maximum atomic E-state index is 11.5. The van der Waals surface area contributed by atoms with Gasteiger partial charge in [-0.1, -0.05) is 54.6 Å². The van der Waals surface area contributed by atoms with E-state index in [1.165, 1.54) is 6.08 Å². The first-order valence-corrected chi connectivity index (χ1v) is 9.83. The number of hydroxylamine groups is 1. The standard InChI is InChI=1S/C25H21N3O3.ClH/c1-16(29)19-7-9-20(10-8-19)21-11-12-22-23(15-21)27-24(26-22)14-18-4-2-17(3-5-18)6-13-25(30)28-31;/h2-13,15,31H,14H2,1H3,(H,26,27)(H,28,30);1H/b13-6+;. The minimum absolute atomic E-state index is 0. The molecule has 1 amide bonds. The lowest BCUT2D eigenvalue weighted by molar-refractivity contribution is -0.124. The fraction of sp³-hybridized carbons (Fsp3) is 0.0800. The minimum atomic E-state index is -0.569. The number of ketones is 1. The van der Waals surface area contributed by atoms with E-state index in [2.05, 4.69) is 16.0 Å². The number of halogens is 1. The Labute approximate surface area is 191 Å². The molecule has 0 atom stereocenters. The number of fused-ring (bicyclic) bond motifs is 1. The number of aromatic nitrogens is 2. The molecular formula is C25H22ClN3O3. The van der Waals surface area contributed by atoms with E-state index in [9.17, 15) is 9.59 Å². The van der Waals surface area contributed by atoms with Gasteiger partial charge in [-0.25, -0.2) is 10.5 Å². The number of amides is 1. The highest BCUT2D eigenvalue weighted by Crippen LogP contribution is 2.24. The molecule has 0 aliphatic heterocycles. The molecule has 0 fully saturated rings. The Morgan fingerprint density at radius 3 is 2.34 bits per heavy atom. The zero-order valence-corrected chi connectivity index (χ0v) is 18.1. The Bertz CT molecular complexity index is 1280. The molecule has 0 bridgehead atoms. The van der Waals surface area contributed by atoms with Crippen LogP contribution in [0, 0.1) is 0 Å². The van der Waals surface area contributed by atoms with Crippen LogP contribution in [-0.4, -0.2) is 26.9 Å². The number of nitrogens with zero attached hydrogens (tertiary/aromatic N) is 1. The highest BCUT2D eigenvalue weighted by Gasteiger charge is 2.07. The molecule has 0 spiro atoms. The van der Waals surface area contributed by atoms with Crippen LogP contribution in [0.5, 0.6) is 0 Å². The first-order valence-electron chi connectivity index (χ1n) is 9.83. The molecule has 0 saturated heterocycles. The first kappa shape index (κ1) is 22.9. The van der Waals surface area contributed by atoms with Crippen molar-refractivity contribution in [1.82, 2.24) is 15.4 Å². The number of imidazole rings is 1. The second kappa shape index (κ2) is 10.0. The van der Waals surface area contributed by atoms with E-state index >= 15 is 0 Å². The van der Waals surface area contributed by atoms with Crippen molar-refractivity contribution >= 4 is 41.2 Å². The Balaban J connectivity index is 0.00000289. The molecule has 0 radical (unpaired) electrons. The lowest BCUT2D eigenvalue weighted by Gasteiger charge is -2.03. The number of hydrogen-bond donors (Lipinski definition) is 3. The van der Waals surface area contributed by atoms with Crippen LogP contribution < -0.4 is 5.48 Å². The second-order valence-corrected chi connectivity index (χ2v) is 7.28. The van der Waals surface area contributed by atoms with Gasteiger partial charge >= 0.3 is 0 Å². The Morgan fingerprint density at radius 1 is 1.00 bits per heavy atom. The van der Waals surface area contributed by atoms with Crippen LogP contribution in [0.15, 0.2) is 72.8 Å².